The molecule has 1 aromatic heterocycles. The van der Waals surface area contributed by atoms with Crippen molar-refractivity contribution in [2.45, 2.75) is 38.6 Å². The number of aromatic nitrogens is 2. The molecular formula is C29H29BrN4O3S2. The third kappa shape index (κ3) is 7.90. The number of nitrogens with zero attached hydrogens (tertiary/aromatic N) is 3. The number of nitrogens with one attached hydrogen (secondary N) is 1. The van der Waals surface area contributed by atoms with Crippen LogP contribution in [0.1, 0.15) is 34.7 Å². The van der Waals surface area contributed by atoms with Gasteiger partial charge in [-0.2, -0.15) is 5.10 Å². The van der Waals surface area contributed by atoms with E-state index in [1.54, 1.807) is 6.21 Å². The molecule has 10 heteroatoms. The van der Waals surface area contributed by atoms with Crippen LogP contribution in [-0.4, -0.2) is 34.7 Å². The second-order valence-electron chi connectivity index (χ2n) is 8.74. The van der Waals surface area contributed by atoms with Crippen molar-refractivity contribution in [2.75, 3.05) is 12.4 Å². The van der Waals surface area contributed by atoms with Crippen LogP contribution in [0.15, 0.2) is 68.5 Å². The van der Waals surface area contributed by atoms with Crippen LogP contribution < -0.4 is 14.9 Å². The number of ether oxygens (including phenoxy) is 2. The van der Waals surface area contributed by atoms with Gasteiger partial charge in [-0.3, -0.25) is 4.79 Å². The van der Waals surface area contributed by atoms with Crippen molar-refractivity contribution < 1.29 is 14.3 Å². The molecule has 1 amide bonds. The molecule has 3 aromatic carbocycles. The predicted octanol–water partition coefficient (Wildman–Crippen LogP) is 7.11. The van der Waals surface area contributed by atoms with Crippen LogP contribution >= 0.6 is 39.0 Å². The van der Waals surface area contributed by atoms with Gasteiger partial charge in [0.05, 0.1) is 23.0 Å². The Hall–Kier alpha value is -3.21. The van der Waals surface area contributed by atoms with Crippen molar-refractivity contribution in [1.82, 2.24) is 15.6 Å². The predicted molar refractivity (Wildman–Crippen MR) is 162 cm³/mol. The van der Waals surface area contributed by atoms with Gasteiger partial charge in [0, 0.05) is 5.56 Å². The molecule has 7 nitrogen and oxygen atoms in total. The minimum atomic E-state index is -0.236. The Balaban J connectivity index is 1.35. The molecule has 4 aromatic rings. The van der Waals surface area contributed by atoms with Crippen LogP contribution in [0.3, 0.4) is 0 Å². The number of halogens is 1. The maximum Gasteiger partial charge on any atom is 0.250 e. The van der Waals surface area contributed by atoms with E-state index in [1.165, 1.54) is 39.8 Å². The van der Waals surface area contributed by atoms with Crippen LogP contribution in [0.5, 0.6) is 11.5 Å². The van der Waals surface area contributed by atoms with Gasteiger partial charge in [-0.15, -0.1) is 10.2 Å². The fourth-order valence-electron chi connectivity index (χ4n) is 3.70. The minimum Gasteiger partial charge on any atom is -0.490 e. The molecule has 4 rings (SSSR count). The molecule has 0 saturated carbocycles. The Labute approximate surface area is 245 Å². The number of hydrogen-bond acceptors (Lipinski definition) is 8. The van der Waals surface area contributed by atoms with Crippen LogP contribution in [0, 0.1) is 20.8 Å². The van der Waals surface area contributed by atoms with Gasteiger partial charge in [0.25, 0.3) is 5.91 Å². The Morgan fingerprint density at radius 1 is 1.05 bits per heavy atom. The summed E-state index contributed by atoms with van der Waals surface area (Å²) in [4.78, 5) is 12.3. The summed E-state index contributed by atoms with van der Waals surface area (Å²) in [5.41, 5.74) is 9.14. The summed E-state index contributed by atoms with van der Waals surface area (Å²) < 4.78 is 13.5. The number of rotatable bonds is 11. The molecule has 39 heavy (non-hydrogen) atoms. The van der Waals surface area contributed by atoms with Crippen molar-refractivity contribution in [3.05, 3.63) is 86.9 Å². The lowest BCUT2D eigenvalue weighted by molar-refractivity contribution is -0.118. The smallest absolute Gasteiger partial charge is 0.250 e. The van der Waals surface area contributed by atoms with E-state index in [1.807, 2.05) is 49.4 Å². The van der Waals surface area contributed by atoms with E-state index < -0.39 is 0 Å². The highest BCUT2D eigenvalue weighted by molar-refractivity contribution is 9.10. The molecular weight excluding hydrogens is 596 g/mol. The van der Waals surface area contributed by atoms with E-state index in [9.17, 15) is 4.79 Å². The normalized spacial score (nSPS) is 11.1. The Morgan fingerprint density at radius 3 is 2.59 bits per heavy atom. The van der Waals surface area contributed by atoms with Crippen LogP contribution in [-0.2, 0) is 11.4 Å². The SMILES string of the molecule is CCOc1cc(C=NNC(=O)CSc2nnc(-c3ccccc3)s2)cc(Br)c1OCc1cc(C)c(C)cc1C. The summed E-state index contributed by atoms with van der Waals surface area (Å²) in [5.74, 6) is 1.17. The maximum absolute atomic E-state index is 12.3. The maximum atomic E-state index is 12.3. The average molecular weight is 626 g/mol. The summed E-state index contributed by atoms with van der Waals surface area (Å²) in [5, 5.41) is 13.3. The first-order valence-corrected chi connectivity index (χ1v) is 14.9. The standard InChI is InChI=1S/C29H29BrN4O3S2/c1-5-36-25-14-21(13-24(30)27(25)37-16-23-12-19(3)18(2)11-20(23)4)15-31-32-26(35)17-38-29-34-33-28(39-29)22-9-7-6-8-10-22/h6-15H,5,16-17H2,1-4H3,(H,32,35). The zero-order chi connectivity index (χ0) is 27.8. The van der Waals surface area contributed by atoms with E-state index >= 15 is 0 Å². The molecule has 1 heterocycles. The number of carbonyl (C=O) groups excluding carboxylic acids is 1. The molecule has 0 radical (unpaired) electrons. The van der Waals surface area contributed by atoms with Gasteiger partial charge in [-0.25, -0.2) is 5.43 Å². The van der Waals surface area contributed by atoms with Gasteiger partial charge >= 0.3 is 0 Å². The van der Waals surface area contributed by atoms with Crippen LogP contribution in [0.2, 0.25) is 0 Å². The third-order valence-electron chi connectivity index (χ3n) is 5.81. The first kappa shape index (κ1) is 28.8. The summed E-state index contributed by atoms with van der Waals surface area (Å²) in [6.07, 6.45) is 1.57. The number of hydrazone groups is 1. The van der Waals surface area contributed by atoms with E-state index in [2.05, 4.69) is 69.6 Å². The lowest BCUT2D eigenvalue weighted by Crippen LogP contribution is -2.19. The summed E-state index contributed by atoms with van der Waals surface area (Å²) in [6, 6.07) is 17.9. The number of aryl methyl sites for hydroxylation is 3. The van der Waals surface area contributed by atoms with Crippen molar-refractivity contribution in [3.63, 3.8) is 0 Å². The highest BCUT2D eigenvalue weighted by Crippen LogP contribution is 2.37. The zero-order valence-corrected chi connectivity index (χ0v) is 25.4. The van der Waals surface area contributed by atoms with Gasteiger partial charge in [-0.1, -0.05) is 65.6 Å². The van der Waals surface area contributed by atoms with Crippen molar-refractivity contribution in [2.24, 2.45) is 5.10 Å². The van der Waals surface area contributed by atoms with Crippen molar-refractivity contribution in [3.8, 4) is 22.1 Å². The molecule has 0 bridgehead atoms. The van der Waals surface area contributed by atoms with Crippen molar-refractivity contribution in [1.29, 1.82) is 0 Å². The van der Waals surface area contributed by atoms with Gasteiger partial charge in [0.15, 0.2) is 15.8 Å². The van der Waals surface area contributed by atoms with Gasteiger partial charge < -0.3 is 9.47 Å². The highest BCUT2D eigenvalue weighted by atomic mass is 79.9. The highest BCUT2D eigenvalue weighted by Gasteiger charge is 2.14. The molecule has 1 N–H and O–H groups in total. The number of amides is 1. The zero-order valence-electron chi connectivity index (χ0n) is 22.2. The molecule has 0 fully saturated rings. The lowest BCUT2D eigenvalue weighted by Gasteiger charge is -2.16. The quantitative estimate of drug-likeness (QED) is 0.109. The van der Waals surface area contributed by atoms with E-state index in [0.717, 1.165) is 30.5 Å². The Kier molecular flexibility index (Phi) is 10.1. The largest absolute Gasteiger partial charge is 0.490 e. The Bertz CT molecular complexity index is 1480. The lowest BCUT2D eigenvalue weighted by atomic mass is 10.0. The molecule has 0 spiro atoms. The molecule has 0 aliphatic heterocycles. The minimum absolute atomic E-state index is 0.180. The van der Waals surface area contributed by atoms with Gasteiger partial charge in [0.2, 0.25) is 0 Å². The molecule has 202 valence electrons. The second kappa shape index (κ2) is 13.7. The number of thioether (sulfide) groups is 1. The fourth-order valence-corrected chi connectivity index (χ4v) is 5.92. The van der Waals surface area contributed by atoms with E-state index in [4.69, 9.17) is 9.47 Å². The monoisotopic (exact) mass is 624 g/mol. The topological polar surface area (TPSA) is 85.7 Å². The summed E-state index contributed by atoms with van der Waals surface area (Å²) >= 11 is 6.39. The third-order valence-corrected chi connectivity index (χ3v) is 8.51. The van der Waals surface area contributed by atoms with E-state index in [-0.39, 0.29) is 11.7 Å². The van der Waals surface area contributed by atoms with Crippen molar-refractivity contribution >= 4 is 51.2 Å². The molecule has 0 saturated heterocycles. The van der Waals surface area contributed by atoms with Crippen LogP contribution in [0.25, 0.3) is 10.6 Å². The molecule has 0 aliphatic carbocycles. The molecule has 0 unspecified atom stereocenters. The van der Waals surface area contributed by atoms with E-state index in [0.29, 0.717) is 24.7 Å². The number of hydrogen-bond donors (Lipinski definition) is 1. The second-order valence-corrected chi connectivity index (χ2v) is 11.8. The Morgan fingerprint density at radius 2 is 1.82 bits per heavy atom. The van der Waals surface area contributed by atoms with Crippen LogP contribution in [0.4, 0.5) is 0 Å². The first-order chi connectivity index (χ1) is 18.8. The summed E-state index contributed by atoms with van der Waals surface area (Å²) in [7, 11) is 0. The van der Waals surface area contributed by atoms with Gasteiger partial charge in [0.1, 0.15) is 11.6 Å². The summed E-state index contributed by atoms with van der Waals surface area (Å²) in [6.45, 7) is 9.13. The molecule has 0 aliphatic rings. The average Bonchev–Trinajstić information content (AvgIpc) is 3.40. The first-order valence-electron chi connectivity index (χ1n) is 12.3. The van der Waals surface area contributed by atoms with Gasteiger partial charge in [-0.05, 0) is 83.6 Å². The fraction of sp³-hybridized carbons (Fsp3) is 0.241. The number of carbonyl (C=O) groups is 1. The molecule has 0 atom stereocenters. The number of benzene rings is 3.